The van der Waals surface area contributed by atoms with E-state index in [9.17, 15) is 22.8 Å². The van der Waals surface area contributed by atoms with Crippen LogP contribution >= 0.6 is 0 Å². The summed E-state index contributed by atoms with van der Waals surface area (Å²) in [5.41, 5.74) is -0.589. The first-order chi connectivity index (χ1) is 14.8. The Kier molecular flexibility index (Phi) is 6.71. The molecule has 0 spiro atoms. The first-order valence-corrected chi connectivity index (χ1v) is 8.87. The zero-order chi connectivity index (χ0) is 22.3. The van der Waals surface area contributed by atoms with Crippen LogP contribution in [0.3, 0.4) is 0 Å². The summed E-state index contributed by atoms with van der Waals surface area (Å²) in [6, 6.07) is 12.8. The van der Waals surface area contributed by atoms with Crippen LogP contribution in [0.15, 0.2) is 78.3 Å². The zero-order valence-corrected chi connectivity index (χ0v) is 15.9. The molecule has 3 rings (SSSR count). The molecular weight excluding hydrogens is 413 g/mol. The van der Waals surface area contributed by atoms with E-state index in [1.165, 1.54) is 24.7 Å². The second kappa shape index (κ2) is 9.61. The van der Waals surface area contributed by atoms with Gasteiger partial charge in [-0.25, -0.2) is 9.78 Å². The Morgan fingerprint density at radius 2 is 1.84 bits per heavy atom. The van der Waals surface area contributed by atoms with Crippen LogP contribution in [0.4, 0.5) is 18.9 Å². The largest absolute Gasteiger partial charge is 0.451 e. The van der Waals surface area contributed by atoms with Gasteiger partial charge in [-0.2, -0.15) is 23.3 Å². The molecule has 31 heavy (non-hydrogen) atoms. The minimum Gasteiger partial charge on any atom is -0.451 e. The Morgan fingerprint density at radius 3 is 2.52 bits per heavy atom. The molecule has 0 saturated heterocycles. The van der Waals surface area contributed by atoms with Crippen LogP contribution in [0, 0.1) is 0 Å². The molecule has 2 aromatic carbocycles. The van der Waals surface area contributed by atoms with Crippen molar-refractivity contribution >= 4 is 23.8 Å². The molecule has 0 saturated carbocycles. The average molecular weight is 428 g/mol. The average Bonchev–Trinajstić information content (AvgIpc) is 2.78. The summed E-state index contributed by atoms with van der Waals surface area (Å²) in [6.45, 7) is -0.766. The number of benzene rings is 2. The molecule has 158 valence electrons. The lowest BCUT2D eigenvalue weighted by molar-refractivity contribution is -0.137. The number of nitrogens with zero attached hydrogens (tertiary/aromatic N) is 4. The first kappa shape index (κ1) is 21.6. The van der Waals surface area contributed by atoms with Crippen molar-refractivity contribution in [3.05, 3.63) is 90.0 Å². The number of amides is 1. The first-order valence-electron chi connectivity index (χ1n) is 8.87. The van der Waals surface area contributed by atoms with Crippen molar-refractivity contribution in [2.24, 2.45) is 5.10 Å². The summed E-state index contributed by atoms with van der Waals surface area (Å²) in [7, 11) is 0. The Hall–Kier alpha value is -4.08. The smallest absolute Gasteiger partial charge is 0.416 e. The number of rotatable bonds is 6. The van der Waals surface area contributed by atoms with Gasteiger partial charge in [0.1, 0.15) is 0 Å². The predicted molar refractivity (Wildman–Crippen MR) is 105 cm³/mol. The second-order valence-electron chi connectivity index (χ2n) is 6.08. The fourth-order valence-electron chi connectivity index (χ4n) is 2.42. The molecule has 1 heterocycles. The molecule has 0 aliphatic heterocycles. The van der Waals surface area contributed by atoms with Crippen LogP contribution in [0.25, 0.3) is 0 Å². The van der Waals surface area contributed by atoms with E-state index in [0.29, 0.717) is 5.56 Å². The fourth-order valence-corrected chi connectivity index (χ4v) is 2.42. The number of anilines is 1. The third-order valence-electron chi connectivity index (χ3n) is 3.88. The highest BCUT2D eigenvalue weighted by atomic mass is 19.4. The maximum absolute atomic E-state index is 13.1. The van der Waals surface area contributed by atoms with Gasteiger partial charge in [0.15, 0.2) is 12.3 Å². The number of hydrogen-bond acceptors (Lipinski definition) is 6. The number of ether oxygens (including phenoxy) is 1. The van der Waals surface area contributed by atoms with Gasteiger partial charge in [-0.05, 0) is 23.8 Å². The number of halogens is 3. The maximum Gasteiger partial charge on any atom is 0.416 e. The number of hydrogen-bond donors (Lipinski definition) is 0. The molecule has 0 bridgehead atoms. The van der Waals surface area contributed by atoms with Crippen molar-refractivity contribution in [2.45, 2.75) is 6.18 Å². The van der Waals surface area contributed by atoms with E-state index in [4.69, 9.17) is 4.74 Å². The quantitative estimate of drug-likeness (QED) is 0.339. The minimum atomic E-state index is -4.60. The lowest BCUT2D eigenvalue weighted by atomic mass is 10.2. The molecule has 10 heteroatoms. The lowest BCUT2D eigenvalue weighted by Crippen LogP contribution is -2.31. The van der Waals surface area contributed by atoms with Gasteiger partial charge in [0.25, 0.3) is 5.91 Å². The second-order valence-corrected chi connectivity index (χ2v) is 6.08. The molecule has 0 aliphatic carbocycles. The molecule has 3 aromatic rings. The van der Waals surface area contributed by atoms with Gasteiger partial charge in [-0.3, -0.25) is 9.78 Å². The minimum absolute atomic E-state index is 0.117. The SMILES string of the molecule is O=C(OCC(=O)N(/N=C/c1ccccc1)c1cccc(C(F)(F)F)c1)c1cnccn1. The topological polar surface area (TPSA) is 84.8 Å². The highest BCUT2D eigenvalue weighted by molar-refractivity contribution is 5.97. The number of carbonyl (C=O) groups excluding carboxylic acids is 2. The monoisotopic (exact) mass is 428 g/mol. The summed E-state index contributed by atoms with van der Waals surface area (Å²) >= 11 is 0. The van der Waals surface area contributed by atoms with Crippen LogP contribution in [0.2, 0.25) is 0 Å². The summed E-state index contributed by atoms with van der Waals surface area (Å²) in [5.74, 6) is -1.76. The van der Waals surface area contributed by atoms with E-state index in [2.05, 4.69) is 15.1 Å². The zero-order valence-electron chi connectivity index (χ0n) is 15.9. The number of hydrazone groups is 1. The Balaban J connectivity index is 1.84. The number of carbonyl (C=O) groups is 2. The van der Waals surface area contributed by atoms with E-state index in [-0.39, 0.29) is 11.4 Å². The molecular formula is C21H15F3N4O3. The number of aromatic nitrogens is 2. The molecule has 0 atom stereocenters. The molecule has 0 unspecified atom stereocenters. The van der Waals surface area contributed by atoms with Crippen molar-refractivity contribution < 1.29 is 27.5 Å². The van der Waals surface area contributed by atoms with Gasteiger partial charge < -0.3 is 4.74 Å². The van der Waals surface area contributed by atoms with Crippen LogP contribution < -0.4 is 5.01 Å². The Labute approximate surface area is 174 Å². The molecule has 1 aromatic heterocycles. The van der Waals surface area contributed by atoms with Crippen molar-refractivity contribution in [1.29, 1.82) is 0 Å². The summed E-state index contributed by atoms with van der Waals surface area (Å²) < 4.78 is 44.2. The maximum atomic E-state index is 13.1. The van der Waals surface area contributed by atoms with Crippen LogP contribution in [0.1, 0.15) is 21.6 Å². The lowest BCUT2D eigenvalue weighted by Gasteiger charge is -2.18. The van der Waals surface area contributed by atoms with E-state index in [1.54, 1.807) is 30.3 Å². The van der Waals surface area contributed by atoms with Crippen molar-refractivity contribution in [3.8, 4) is 0 Å². The molecule has 7 nitrogen and oxygen atoms in total. The van der Waals surface area contributed by atoms with Gasteiger partial charge in [0.2, 0.25) is 0 Å². The third-order valence-corrected chi connectivity index (χ3v) is 3.88. The van der Waals surface area contributed by atoms with Crippen LogP contribution in [-0.2, 0) is 15.7 Å². The normalized spacial score (nSPS) is 11.3. The van der Waals surface area contributed by atoms with E-state index < -0.39 is 30.2 Å². The van der Waals surface area contributed by atoms with Gasteiger partial charge in [0.05, 0.1) is 23.7 Å². The van der Waals surface area contributed by atoms with Crippen molar-refractivity contribution in [3.63, 3.8) is 0 Å². The van der Waals surface area contributed by atoms with Gasteiger partial charge in [-0.1, -0.05) is 36.4 Å². The summed E-state index contributed by atoms with van der Waals surface area (Å²) in [4.78, 5) is 32.2. The summed E-state index contributed by atoms with van der Waals surface area (Å²) in [6.07, 6.45) is 0.493. The molecule has 0 radical (unpaired) electrons. The van der Waals surface area contributed by atoms with Gasteiger partial charge >= 0.3 is 12.1 Å². The van der Waals surface area contributed by atoms with Crippen LogP contribution in [0.5, 0.6) is 0 Å². The van der Waals surface area contributed by atoms with Crippen molar-refractivity contribution in [2.75, 3.05) is 11.6 Å². The molecule has 0 aliphatic rings. The highest BCUT2D eigenvalue weighted by Gasteiger charge is 2.31. The van der Waals surface area contributed by atoms with E-state index in [1.807, 2.05) is 0 Å². The Morgan fingerprint density at radius 1 is 1.06 bits per heavy atom. The fraction of sp³-hybridized carbons (Fsp3) is 0.0952. The molecule has 0 fully saturated rings. The predicted octanol–water partition coefficient (Wildman–Crippen LogP) is 3.72. The highest BCUT2D eigenvalue weighted by Crippen LogP contribution is 2.31. The number of esters is 1. The molecule has 0 N–H and O–H groups in total. The van der Waals surface area contributed by atoms with Gasteiger partial charge in [0, 0.05) is 12.4 Å². The number of alkyl halides is 3. The van der Waals surface area contributed by atoms with Crippen LogP contribution in [-0.4, -0.2) is 34.7 Å². The van der Waals surface area contributed by atoms with E-state index in [0.717, 1.165) is 29.4 Å². The van der Waals surface area contributed by atoms with Crippen molar-refractivity contribution in [1.82, 2.24) is 9.97 Å². The standard InChI is InChI=1S/C21H15F3N4O3/c22-21(23,24)16-7-4-8-17(11-16)28(27-12-15-5-2-1-3-6-15)19(29)14-31-20(30)18-13-25-9-10-26-18/h1-13H,14H2/b27-12+. The van der Waals surface area contributed by atoms with E-state index >= 15 is 0 Å². The third kappa shape index (κ3) is 5.95. The molecule has 1 amide bonds. The van der Waals surface area contributed by atoms with Gasteiger partial charge in [-0.15, -0.1) is 0 Å². The Bertz CT molecular complexity index is 1070. The summed E-state index contributed by atoms with van der Waals surface area (Å²) in [5, 5.41) is 4.75.